The fourth-order valence-corrected chi connectivity index (χ4v) is 15.2. The van der Waals surface area contributed by atoms with Crippen LogP contribution in [0.25, 0.3) is 0 Å². The molecule has 0 aromatic heterocycles. The molecule has 7 heteroatoms. The summed E-state index contributed by atoms with van der Waals surface area (Å²) < 4.78 is 16.3. The normalized spacial score (nSPS) is 60.8. The summed E-state index contributed by atoms with van der Waals surface area (Å²) in [6.07, 6.45) is 5.24. The van der Waals surface area contributed by atoms with Gasteiger partial charge in [0, 0.05) is 0 Å². The first kappa shape index (κ1) is 12.3. The van der Waals surface area contributed by atoms with E-state index >= 15 is 0 Å². The van der Waals surface area contributed by atoms with Crippen molar-refractivity contribution in [2.24, 2.45) is 23.7 Å². The topological polar surface area (TPSA) is 92.1 Å². The quantitative estimate of drug-likeness (QED) is 0.102. The second-order valence-electron chi connectivity index (χ2n) is 7.39. The maximum atomic E-state index is 12.8. The summed E-state index contributed by atoms with van der Waals surface area (Å²) in [6.45, 7) is 2.22. The van der Waals surface area contributed by atoms with Crippen LogP contribution in [-0.2, 0) is 9.53 Å². The van der Waals surface area contributed by atoms with E-state index < -0.39 is 20.4 Å². The second-order valence-corrected chi connectivity index (χ2v) is 14.4. The molecule has 20 heavy (non-hydrogen) atoms. The predicted molar refractivity (Wildman–Crippen MR) is 75.8 cm³/mol. The third-order valence-corrected chi connectivity index (χ3v) is 15.0. The van der Waals surface area contributed by atoms with Gasteiger partial charge >= 0.3 is 137 Å². The third kappa shape index (κ3) is 1.22. The Labute approximate surface area is 136 Å². The van der Waals surface area contributed by atoms with Crippen LogP contribution >= 0.6 is 20.4 Å². The molecule has 3 aliphatic carbocycles. The molecule has 6 rings (SSSR count). The van der Waals surface area contributed by atoms with Crippen molar-refractivity contribution >= 4 is 26.3 Å². The fourth-order valence-electron chi connectivity index (χ4n) is 5.20. The summed E-state index contributed by atoms with van der Waals surface area (Å²) in [5, 5.41) is 0. The number of alkyl halides is 2. The van der Waals surface area contributed by atoms with Crippen molar-refractivity contribution in [1.82, 2.24) is 10.6 Å². The Morgan fingerprint density at radius 3 is 2.55 bits per heavy atom. The first-order valence-corrected chi connectivity index (χ1v) is 12.9. The zero-order valence-electron chi connectivity index (χ0n) is 11.2. The predicted octanol–water partition coefficient (Wildman–Crippen LogP) is -2.15. The zero-order chi connectivity index (χ0) is 13.3. The van der Waals surface area contributed by atoms with Crippen LogP contribution in [0.15, 0.2) is 0 Å². The van der Waals surface area contributed by atoms with Crippen molar-refractivity contribution < 1.29 is 31.0 Å². The summed E-state index contributed by atoms with van der Waals surface area (Å²) in [7, 11) is 0. The van der Waals surface area contributed by atoms with Crippen molar-refractivity contribution in [2.75, 3.05) is 0 Å². The van der Waals surface area contributed by atoms with E-state index in [2.05, 4.69) is 17.5 Å². The van der Waals surface area contributed by atoms with Crippen LogP contribution in [0, 0.1) is 23.7 Å². The summed E-state index contributed by atoms with van der Waals surface area (Å²) in [6, 6.07) is 0. The number of carbonyl (C=O) groups is 1. The van der Waals surface area contributed by atoms with E-state index in [1.165, 1.54) is 19.3 Å². The first-order valence-electron chi connectivity index (χ1n) is 7.49. The van der Waals surface area contributed by atoms with Gasteiger partial charge in [-0.2, -0.15) is 0 Å². The number of hydrogen-bond donors (Lipinski definition) is 3. The van der Waals surface area contributed by atoms with E-state index in [4.69, 9.17) is 4.74 Å². The number of ether oxygens (including phenoxy) is 1. The molecule has 6 aliphatic rings. The molecule has 0 radical (unpaired) electrons. The Balaban J connectivity index is 1.25. The molecule has 0 spiro atoms. The SMILES string of the molecule is CC1(OC(=O)C2(C34NI3N4)N[I-]2)CC2CC1C1CCC21. The molecule has 112 valence electrons. The molecule has 0 aromatic rings. The molecule has 3 aliphatic heterocycles. The average Bonchev–Trinajstić information content (AvgIpc) is 3.17. The van der Waals surface area contributed by atoms with Crippen LogP contribution in [0.1, 0.15) is 32.6 Å². The molecule has 0 amide bonds. The van der Waals surface area contributed by atoms with Crippen molar-refractivity contribution in [3.05, 3.63) is 0 Å². The van der Waals surface area contributed by atoms with E-state index in [1.807, 2.05) is 0 Å². The van der Waals surface area contributed by atoms with Crippen LogP contribution in [0.2, 0.25) is 0 Å². The Bertz CT molecular complexity index is 546. The Kier molecular flexibility index (Phi) is 2.05. The summed E-state index contributed by atoms with van der Waals surface area (Å²) in [4.78, 5) is 12.8. The monoisotopic (exact) mass is 502 g/mol. The van der Waals surface area contributed by atoms with Crippen LogP contribution in [0.4, 0.5) is 0 Å². The molecule has 6 atom stereocenters. The van der Waals surface area contributed by atoms with Gasteiger partial charge in [-0.3, -0.25) is 0 Å². The van der Waals surface area contributed by atoms with Gasteiger partial charge in [0.15, 0.2) is 0 Å². The second kappa shape index (κ2) is 3.34. The van der Waals surface area contributed by atoms with Gasteiger partial charge < -0.3 is 0 Å². The molecule has 3 saturated heterocycles. The summed E-state index contributed by atoms with van der Waals surface area (Å²) in [5.74, 6) is 3.39. The summed E-state index contributed by atoms with van der Waals surface area (Å²) >= 11 is -1.28. The number of nitrogens with one attached hydrogen (secondary N) is 3. The molecule has 2 bridgehead atoms. The standard InChI is InChI=1S/C13H18I2N3O2/c1-11(5-6-4-9(11)8-3-2-7(6)8)20-10(19)12(14-16-12)13-15(17-13)18-13/h6-9,16-18H,2-5H2,1H3/q-1. The van der Waals surface area contributed by atoms with E-state index in [1.54, 1.807) is 0 Å². The van der Waals surface area contributed by atoms with Crippen molar-refractivity contribution in [2.45, 2.75) is 45.4 Å². The molecular formula is C13H18I2N3O2-. The number of esters is 1. The number of rotatable bonds is 3. The average molecular weight is 502 g/mol. The zero-order valence-corrected chi connectivity index (χ0v) is 15.5. The van der Waals surface area contributed by atoms with E-state index in [0.717, 1.165) is 24.2 Å². The van der Waals surface area contributed by atoms with Gasteiger partial charge in [0.1, 0.15) is 0 Å². The van der Waals surface area contributed by atoms with Gasteiger partial charge in [-0.1, -0.05) is 0 Å². The Hall–Kier alpha value is 0.810. The van der Waals surface area contributed by atoms with Crippen molar-refractivity contribution in [1.29, 1.82) is 0 Å². The van der Waals surface area contributed by atoms with Crippen LogP contribution in [-0.4, -0.2) is 18.8 Å². The van der Waals surface area contributed by atoms with Gasteiger partial charge in [-0.05, 0) is 0 Å². The Morgan fingerprint density at radius 1 is 1.35 bits per heavy atom. The van der Waals surface area contributed by atoms with Crippen molar-refractivity contribution in [3.63, 3.8) is 0 Å². The molecule has 6 fully saturated rings. The van der Waals surface area contributed by atoms with Gasteiger partial charge in [-0.15, -0.1) is 0 Å². The maximum absolute atomic E-state index is 12.8. The van der Waals surface area contributed by atoms with Gasteiger partial charge in [0.05, 0.1) is 0 Å². The molecular weight excluding hydrogens is 484 g/mol. The first-order chi connectivity index (χ1) is 9.58. The van der Waals surface area contributed by atoms with Crippen molar-refractivity contribution in [3.8, 4) is 0 Å². The molecule has 6 unspecified atom stereocenters. The number of halogens is 2. The van der Waals surface area contributed by atoms with E-state index in [-0.39, 0.29) is 40.3 Å². The van der Waals surface area contributed by atoms with E-state index in [9.17, 15) is 4.79 Å². The van der Waals surface area contributed by atoms with Gasteiger partial charge in [-0.25, -0.2) is 0 Å². The minimum absolute atomic E-state index is 0.0499. The molecule has 3 saturated carbocycles. The third-order valence-electron chi connectivity index (χ3n) is 6.54. The molecule has 0 aromatic carbocycles. The molecule has 3 heterocycles. The summed E-state index contributed by atoms with van der Waals surface area (Å²) in [5.41, 5.74) is -0.163. The Morgan fingerprint density at radius 2 is 2.05 bits per heavy atom. The van der Waals surface area contributed by atoms with Crippen LogP contribution in [0.5, 0.6) is 0 Å². The number of fused-ring (bicyclic) bond motifs is 6. The van der Waals surface area contributed by atoms with Gasteiger partial charge in [0.2, 0.25) is 0 Å². The van der Waals surface area contributed by atoms with Crippen LogP contribution in [0.3, 0.4) is 0 Å². The van der Waals surface area contributed by atoms with Crippen LogP contribution < -0.4 is 32.1 Å². The number of hydrogen-bond acceptors (Lipinski definition) is 5. The minimum atomic E-state index is -1.07. The van der Waals surface area contributed by atoms with Gasteiger partial charge in [0.25, 0.3) is 0 Å². The molecule has 5 nitrogen and oxygen atoms in total. The fraction of sp³-hybridized carbons (Fsp3) is 0.923. The molecule has 3 N–H and O–H groups in total. The van der Waals surface area contributed by atoms with E-state index in [0.29, 0.717) is 5.92 Å². The number of carbonyl (C=O) groups excluding carboxylic acids is 1.